The number of nitrogens with zero attached hydrogens (tertiary/aromatic N) is 2. The lowest BCUT2D eigenvalue weighted by molar-refractivity contribution is 0.0694. The standard InChI is InChI=1S/C13H13N3O5S/c1-16(22(20,21)9-5-3-2-4-6-9)8-11-14-7-10(13(18)19)12(17)15-11/h2-7H,8H2,1H3,(H,18,19)(H,14,15,17). The summed E-state index contributed by atoms with van der Waals surface area (Å²) in [6, 6.07) is 7.80. The fourth-order valence-corrected chi connectivity index (χ4v) is 2.89. The van der Waals surface area contributed by atoms with Crippen LogP contribution in [0.3, 0.4) is 0 Å². The molecule has 0 atom stereocenters. The Morgan fingerprint density at radius 2 is 1.95 bits per heavy atom. The quantitative estimate of drug-likeness (QED) is 0.816. The van der Waals surface area contributed by atoms with E-state index in [1.165, 1.54) is 19.2 Å². The summed E-state index contributed by atoms with van der Waals surface area (Å²) in [4.78, 5) is 28.4. The Labute approximate surface area is 126 Å². The molecule has 0 bridgehead atoms. The van der Waals surface area contributed by atoms with Crippen molar-refractivity contribution < 1.29 is 18.3 Å². The van der Waals surface area contributed by atoms with Crippen LogP contribution in [0.25, 0.3) is 0 Å². The lowest BCUT2D eigenvalue weighted by Crippen LogP contribution is -2.29. The number of carbonyl (C=O) groups is 1. The van der Waals surface area contributed by atoms with Gasteiger partial charge in [0.25, 0.3) is 5.56 Å². The predicted octanol–water partition coefficient (Wildman–Crippen LogP) is 0.289. The Morgan fingerprint density at radius 1 is 1.32 bits per heavy atom. The number of benzene rings is 1. The number of hydrogen-bond donors (Lipinski definition) is 2. The van der Waals surface area contributed by atoms with Gasteiger partial charge in [-0.05, 0) is 12.1 Å². The number of hydrogen-bond acceptors (Lipinski definition) is 5. The van der Waals surface area contributed by atoms with Crippen molar-refractivity contribution >= 4 is 16.0 Å². The molecule has 116 valence electrons. The number of carboxylic acid groups (broad SMARTS) is 1. The van der Waals surface area contributed by atoms with Crippen LogP contribution in [0.15, 0.2) is 46.2 Å². The summed E-state index contributed by atoms with van der Waals surface area (Å²) in [5.41, 5.74) is -1.33. The van der Waals surface area contributed by atoms with Crippen molar-refractivity contribution in [2.24, 2.45) is 0 Å². The highest BCUT2D eigenvalue weighted by Crippen LogP contribution is 2.14. The molecular formula is C13H13N3O5S. The number of sulfonamides is 1. The maximum absolute atomic E-state index is 12.3. The van der Waals surface area contributed by atoms with E-state index in [1.807, 2.05) is 0 Å². The van der Waals surface area contributed by atoms with E-state index in [2.05, 4.69) is 9.97 Å². The Kier molecular flexibility index (Phi) is 4.38. The molecule has 1 heterocycles. The highest BCUT2D eigenvalue weighted by atomic mass is 32.2. The molecule has 0 aliphatic heterocycles. The number of rotatable bonds is 5. The summed E-state index contributed by atoms with van der Waals surface area (Å²) in [6.07, 6.45) is 0.902. The van der Waals surface area contributed by atoms with Gasteiger partial charge in [-0.3, -0.25) is 4.79 Å². The molecule has 8 nitrogen and oxygen atoms in total. The highest BCUT2D eigenvalue weighted by molar-refractivity contribution is 7.89. The maximum Gasteiger partial charge on any atom is 0.342 e. The lowest BCUT2D eigenvalue weighted by atomic mass is 10.3. The molecule has 0 saturated heterocycles. The van der Waals surface area contributed by atoms with Gasteiger partial charge >= 0.3 is 5.97 Å². The third kappa shape index (κ3) is 3.21. The molecule has 2 N–H and O–H groups in total. The summed E-state index contributed by atoms with van der Waals surface area (Å²) in [7, 11) is -2.38. The van der Waals surface area contributed by atoms with Gasteiger partial charge in [-0.1, -0.05) is 18.2 Å². The van der Waals surface area contributed by atoms with Crippen LogP contribution in [0.1, 0.15) is 16.2 Å². The molecule has 0 amide bonds. The molecule has 1 aromatic carbocycles. The zero-order chi connectivity index (χ0) is 16.3. The monoisotopic (exact) mass is 323 g/mol. The van der Waals surface area contributed by atoms with Crippen LogP contribution in [0, 0.1) is 0 Å². The van der Waals surface area contributed by atoms with Crippen molar-refractivity contribution in [2.45, 2.75) is 11.4 Å². The number of H-pyrrole nitrogens is 1. The van der Waals surface area contributed by atoms with Crippen molar-refractivity contribution in [1.82, 2.24) is 14.3 Å². The second-order valence-electron chi connectivity index (χ2n) is 4.45. The molecule has 0 spiro atoms. The molecule has 0 fully saturated rings. The van der Waals surface area contributed by atoms with Crippen LogP contribution >= 0.6 is 0 Å². The van der Waals surface area contributed by atoms with Gasteiger partial charge in [0.15, 0.2) is 0 Å². The van der Waals surface area contributed by atoms with Gasteiger partial charge in [0.05, 0.1) is 11.4 Å². The van der Waals surface area contributed by atoms with Crippen LogP contribution in [0.4, 0.5) is 0 Å². The van der Waals surface area contributed by atoms with Crippen molar-refractivity contribution in [3.8, 4) is 0 Å². The van der Waals surface area contributed by atoms with Gasteiger partial charge in [-0.25, -0.2) is 18.2 Å². The van der Waals surface area contributed by atoms with Crippen LogP contribution < -0.4 is 5.56 Å². The zero-order valence-electron chi connectivity index (χ0n) is 11.6. The van der Waals surface area contributed by atoms with Crippen molar-refractivity contribution in [3.63, 3.8) is 0 Å². The SMILES string of the molecule is CN(Cc1ncc(C(=O)O)c(=O)[nH]1)S(=O)(=O)c1ccccc1. The van der Waals surface area contributed by atoms with Crippen molar-refractivity contribution in [3.05, 3.63) is 58.3 Å². The number of aromatic amines is 1. The van der Waals surface area contributed by atoms with Crippen LogP contribution in [0.2, 0.25) is 0 Å². The first-order valence-electron chi connectivity index (χ1n) is 6.15. The van der Waals surface area contributed by atoms with Crippen LogP contribution in [-0.2, 0) is 16.6 Å². The summed E-state index contributed by atoms with van der Waals surface area (Å²) in [5, 5.41) is 8.75. The Morgan fingerprint density at radius 3 is 2.50 bits per heavy atom. The second-order valence-corrected chi connectivity index (χ2v) is 6.50. The van der Waals surface area contributed by atoms with Gasteiger partial charge in [0, 0.05) is 13.2 Å². The smallest absolute Gasteiger partial charge is 0.342 e. The minimum atomic E-state index is -3.72. The minimum absolute atomic E-state index is 0.0528. The first-order chi connectivity index (χ1) is 10.3. The topological polar surface area (TPSA) is 120 Å². The fourth-order valence-electron chi connectivity index (χ4n) is 1.73. The van der Waals surface area contributed by atoms with E-state index >= 15 is 0 Å². The molecule has 2 rings (SSSR count). The molecule has 9 heteroatoms. The third-order valence-corrected chi connectivity index (χ3v) is 4.72. The molecule has 22 heavy (non-hydrogen) atoms. The highest BCUT2D eigenvalue weighted by Gasteiger charge is 2.21. The van der Waals surface area contributed by atoms with Gasteiger partial charge in [-0.15, -0.1) is 0 Å². The van der Waals surface area contributed by atoms with Crippen LogP contribution in [0.5, 0.6) is 0 Å². The Hall–Kier alpha value is -2.52. The van der Waals surface area contributed by atoms with E-state index in [4.69, 9.17) is 5.11 Å². The molecule has 1 aromatic heterocycles. The van der Waals surface area contributed by atoms with Gasteiger partial charge in [0.2, 0.25) is 10.0 Å². The number of nitrogens with one attached hydrogen (secondary N) is 1. The average molecular weight is 323 g/mol. The van der Waals surface area contributed by atoms with E-state index in [9.17, 15) is 18.0 Å². The van der Waals surface area contributed by atoms with Gasteiger partial charge in [0.1, 0.15) is 11.4 Å². The minimum Gasteiger partial charge on any atom is -0.477 e. The van der Waals surface area contributed by atoms with E-state index in [-0.39, 0.29) is 17.3 Å². The summed E-state index contributed by atoms with van der Waals surface area (Å²) >= 11 is 0. The van der Waals surface area contributed by atoms with Gasteiger partial charge < -0.3 is 10.1 Å². The molecule has 0 saturated carbocycles. The molecule has 0 aliphatic rings. The van der Waals surface area contributed by atoms with Crippen molar-refractivity contribution in [2.75, 3.05) is 7.05 Å². The largest absolute Gasteiger partial charge is 0.477 e. The number of aromatic nitrogens is 2. The second kappa shape index (κ2) is 6.08. The first kappa shape index (κ1) is 15.9. The molecule has 0 radical (unpaired) electrons. The number of carboxylic acids is 1. The zero-order valence-corrected chi connectivity index (χ0v) is 12.4. The molecule has 0 unspecified atom stereocenters. The molecular weight excluding hydrogens is 310 g/mol. The Balaban J connectivity index is 2.26. The Bertz CT molecular complexity index is 845. The fraction of sp³-hybridized carbons (Fsp3) is 0.154. The third-order valence-electron chi connectivity index (χ3n) is 2.91. The average Bonchev–Trinajstić information content (AvgIpc) is 2.47. The van der Waals surface area contributed by atoms with Crippen LogP contribution in [-0.4, -0.2) is 40.8 Å². The summed E-state index contributed by atoms with van der Waals surface area (Å²) in [6.45, 7) is -0.188. The number of aromatic carboxylic acids is 1. The predicted molar refractivity (Wildman–Crippen MR) is 76.9 cm³/mol. The summed E-state index contributed by atoms with van der Waals surface area (Å²) < 4.78 is 25.6. The lowest BCUT2D eigenvalue weighted by Gasteiger charge is -2.16. The van der Waals surface area contributed by atoms with E-state index in [0.29, 0.717) is 0 Å². The maximum atomic E-state index is 12.3. The van der Waals surface area contributed by atoms with E-state index in [0.717, 1.165) is 10.5 Å². The molecule has 0 aliphatic carbocycles. The van der Waals surface area contributed by atoms with Crippen molar-refractivity contribution in [1.29, 1.82) is 0 Å². The molecule has 2 aromatic rings. The normalized spacial score (nSPS) is 11.5. The summed E-state index contributed by atoms with van der Waals surface area (Å²) in [5.74, 6) is -1.34. The van der Waals surface area contributed by atoms with Gasteiger partial charge in [-0.2, -0.15) is 4.31 Å². The van der Waals surface area contributed by atoms with E-state index in [1.54, 1.807) is 18.2 Å². The van der Waals surface area contributed by atoms with E-state index < -0.39 is 27.1 Å². The first-order valence-corrected chi connectivity index (χ1v) is 7.59.